The van der Waals surface area contributed by atoms with Crippen molar-refractivity contribution >= 4 is 0 Å². The summed E-state index contributed by atoms with van der Waals surface area (Å²) < 4.78 is 0. The average molecular weight is 212 g/mol. The zero-order valence-corrected chi connectivity index (χ0v) is 11.1. The molecule has 1 aliphatic rings. The van der Waals surface area contributed by atoms with Crippen LogP contribution >= 0.6 is 0 Å². The number of rotatable bonds is 2. The molecule has 0 unspecified atom stereocenters. The summed E-state index contributed by atoms with van der Waals surface area (Å²) in [5, 5.41) is 3.79. The van der Waals surface area contributed by atoms with E-state index in [1.807, 2.05) is 0 Å². The van der Waals surface area contributed by atoms with Gasteiger partial charge in [-0.3, -0.25) is 0 Å². The zero-order valence-electron chi connectivity index (χ0n) is 11.1. The molecule has 0 amide bonds. The molecule has 1 rings (SSSR count). The van der Waals surface area contributed by atoms with Crippen LogP contribution in [0.4, 0.5) is 0 Å². The largest absolute Gasteiger partial charge is 0.308 e. The molecular formula is C13H28N2. The van der Waals surface area contributed by atoms with Crippen LogP contribution in [0.2, 0.25) is 0 Å². The molecule has 2 heteroatoms. The number of hydrogen-bond acceptors (Lipinski definition) is 2. The second-order valence-corrected chi connectivity index (χ2v) is 6.17. The van der Waals surface area contributed by atoms with Gasteiger partial charge in [-0.1, -0.05) is 19.3 Å². The summed E-state index contributed by atoms with van der Waals surface area (Å²) in [6.07, 6.45) is 6.87. The molecule has 0 saturated heterocycles. The van der Waals surface area contributed by atoms with Gasteiger partial charge in [-0.15, -0.1) is 0 Å². The average Bonchev–Trinajstić information content (AvgIpc) is 2.26. The van der Waals surface area contributed by atoms with E-state index >= 15 is 0 Å². The zero-order chi connectivity index (χ0) is 11.5. The fraction of sp³-hybridized carbons (Fsp3) is 1.00. The smallest absolute Gasteiger partial charge is 0.0243 e. The van der Waals surface area contributed by atoms with Crippen LogP contribution in [0.25, 0.3) is 0 Å². The fourth-order valence-electron chi connectivity index (χ4n) is 2.63. The SMILES string of the molecule is CN(C)[C@H]1CCCCC[C@@H]1NC(C)(C)C. The van der Waals surface area contributed by atoms with Crippen molar-refractivity contribution in [3.05, 3.63) is 0 Å². The van der Waals surface area contributed by atoms with E-state index in [1.54, 1.807) is 0 Å². The molecule has 0 aromatic carbocycles. The molecule has 2 atom stereocenters. The topological polar surface area (TPSA) is 15.3 Å². The van der Waals surface area contributed by atoms with Crippen molar-refractivity contribution in [3.63, 3.8) is 0 Å². The van der Waals surface area contributed by atoms with E-state index in [1.165, 1.54) is 32.1 Å². The first kappa shape index (κ1) is 13.0. The van der Waals surface area contributed by atoms with Gasteiger partial charge < -0.3 is 10.2 Å². The van der Waals surface area contributed by atoms with Crippen molar-refractivity contribution in [1.82, 2.24) is 10.2 Å². The standard InChI is InChI=1S/C13H28N2/c1-13(2,3)14-11-9-7-6-8-10-12(11)15(4)5/h11-12,14H,6-10H2,1-5H3/t11-,12-/m0/s1. The van der Waals surface area contributed by atoms with Gasteiger partial charge in [0.1, 0.15) is 0 Å². The molecule has 1 saturated carbocycles. The van der Waals surface area contributed by atoms with E-state index < -0.39 is 0 Å². The van der Waals surface area contributed by atoms with Crippen LogP contribution in [0.5, 0.6) is 0 Å². The highest BCUT2D eigenvalue weighted by atomic mass is 15.2. The van der Waals surface area contributed by atoms with E-state index in [9.17, 15) is 0 Å². The Labute approximate surface area is 95.4 Å². The quantitative estimate of drug-likeness (QED) is 0.708. The third-order valence-corrected chi connectivity index (χ3v) is 3.26. The van der Waals surface area contributed by atoms with Crippen LogP contribution in [0.3, 0.4) is 0 Å². The summed E-state index contributed by atoms with van der Waals surface area (Å²) in [7, 11) is 4.43. The normalized spacial score (nSPS) is 29.2. The predicted octanol–water partition coefficient (Wildman–Crippen LogP) is 2.64. The van der Waals surface area contributed by atoms with Gasteiger partial charge in [0.25, 0.3) is 0 Å². The highest BCUT2D eigenvalue weighted by molar-refractivity contribution is 4.88. The number of nitrogens with zero attached hydrogens (tertiary/aromatic N) is 1. The van der Waals surface area contributed by atoms with Gasteiger partial charge in [-0.05, 0) is 47.7 Å². The molecule has 90 valence electrons. The maximum absolute atomic E-state index is 3.79. The van der Waals surface area contributed by atoms with Crippen LogP contribution in [0.1, 0.15) is 52.9 Å². The number of likely N-dealkylation sites (N-methyl/N-ethyl adjacent to an activating group) is 1. The van der Waals surface area contributed by atoms with Gasteiger partial charge in [0.05, 0.1) is 0 Å². The summed E-state index contributed by atoms with van der Waals surface area (Å²) in [6.45, 7) is 6.81. The molecule has 0 bridgehead atoms. The van der Waals surface area contributed by atoms with Crippen LogP contribution < -0.4 is 5.32 Å². The van der Waals surface area contributed by atoms with Crippen molar-refractivity contribution < 1.29 is 0 Å². The van der Waals surface area contributed by atoms with Crippen molar-refractivity contribution in [2.45, 2.75) is 70.5 Å². The number of nitrogens with one attached hydrogen (secondary N) is 1. The second kappa shape index (κ2) is 5.31. The van der Waals surface area contributed by atoms with E-state index in [0.717, 1.165) is 0 Å². The Morgan fingerprint density at radius 1 is 1.00 bits per heavy atom. The summed E-state index contributed by atoms with van der Waals surface area (Å²) in [6, 6.07) is 1.38. The Morgan fingerprint density at radius 2 is 1.60 bits per heavy atom. The van der Waals surface area contributed by atoms with Crippen molar-refractivity contribution in [2.24, 2.45) is 0 Å². The van der Waals surface area contributed by atoms with Crippen LogP contribution in [-0.4, -0.2) is 36.6 Å². The molecule has 0 aromatic rings. The molecule has 0 spiro atoms. The first-order chi connectivity index (χ1) is 6.90. The Kier molecular flexibility index (Phi) is 4.60. The third kappa shape index (κ3) is 4.52. The molecule has 0 aromatic heterocycles. The minimum atomic E-state index is 0.239. The molecule has 1 fully saturated rings. The molecule has 0 aliphatic heterocycles. The first-order valence-electron chi connectivity index (χ1n) is 6.34. The lowest BCUT2D eigenvalue weighted by molar-refractivity contribution is 0.191. The van der Waals surface area contributed by atoms with Crippen LogP contribution in [0.15, 0.2) is 0 Å². The van der Waals surface area contributed by atoms with E-state index in [4.69, 9.17) is 0 Å². The summed E-state index contributed by atoms with van der Waals surface area (Å²) in [5.41, 5.74) is 0.239. The molecule has 0 radical (unpaired) electrons. The second-order valence-electron chi connectivity index (χ2n) is 6.17. The Hall–Kier alpha value is -0.0800. The van der Waals surface area contributed by atoms with Gasteiger partial charge in [0, 0.05) is 17.6 Å². The Morgan fingerprint density at radius 3 is 2.13 bits per heavy atom. The molecule has 15 heavy (non-hydrogen) atoms. The number of hydrogen-bond donors (Lipinski definition) is 1. The minimum absolute atomic E-state index is 0.239. The lowest BCUT2D eigenvalue weighted by Crippen LogP contribution is -2.53. The van der Waals surface area contributed by atoms with Gasteiger partial charge in [-0.25, -0.2) is 0 Å². The van der Waals surface area contributed by atoms with Crippen molar-refractivity contribution in [3.8, 4) is 0 Å². The summed E-state index contributed by atoms with van der Waals surface area (Å²) in [5.74, 6) is 0. The van der Waals surface area contributed by atoms with E-state index in [2.05, 4.69) is 45.1 Å². The Balaban J connectivity index is 2.62. The summed E-state index contributed by atoms with van der Waals surface area (Å²) in [4.78, 5) is 2.40. The summed E-state index contributed by atoms with van der Waals surface area (Å²) >= 11 is 0. The van der Waals surface area contributed by atoms with Gasteiger partial charge in [0.2, 0.25) is 0 Å². The Bertz CT molecular complexity index is 181. The maximum Gasteiger partial charge on any atom is 0.0243 e. The lowest BCUT2D eigenvalue weighted by atomic mass is 9.98. The van der Waals surface area contributed by atoms with Gasteiger partial charge >= 0.3 is 0 Å². The van der Waals surface area contributed by atoms with E-state index in [-0.39, 0.29) is 5.54 Å². The van der Waals surface area contributed by atoms with Crippen molar-refractivity contribution in [2.75, 3.05) is 14.1 Å². The van der Waals surface area contributed by atoms with Crippen LogP contribution in [-0.2, 0) is 0 Å². The van der Waals surface area contributed by atoms with Gasteiger partial charge in [0.15, 0.2) is 0 Å². The highest BCUT2D eigenvalue weighted by Crippen LogP contribution is 2.22. The predicted molar refractivity (Wildman–Crippen MR) is 67.2 cm³/mol. The maximum atomic E-state index is 3.79. The fourth-order valence-corrected chi connectivity index (χ4v) is 2.63. The minimum Gasteiger partial charge on any atom is -0.308 e. The first-order valence-corrected chi connectivity index (χ1v) is 6.34. The third-order valence-electron chi connectivity index (χ3n) is 3.26. The monoisotopic (exact) mass is 212 g/mol. The molecule has 2 nitrogen and oxygen atoms in total. The van der Waals surface area contributed by atoms with Crippen molar-refractivity contribution in [1.29, 1.82) is 0 Å². The lowest BCUT2D eigenvalue weighted by Gasteiger charge is -2.36. The molecule has 0 heterocycles. The van der Waals surface area contributed by atoms with E-state index in [0.29, 0.717) is 12.1 Å². The van der Waals surface area contributed by atoms with Gasteiger partial charge in [-0.2, -0.15) is 0 Å². The molecule has 1 aliphatic carbocycles. The highest BCUT2D eigenvalue weighted by Gasteiger charge is 2.27. The van der Waals surface area contributed by atoms with Crippen LogP contribution in [0, 0.1) is 0 Å². The molecule has 1 N–H and O–H groups in total. The molecular weight excluding hydrogens is 184 g/mol.